The maximum atomic E-state index is 5.99. The van der Waals surface area contributed by atoms with Crippen LogP contribution in [-0.4, -0.2) is 70.0 Å². The lowest BCUT2D eigenvalue weighted by molar-refractivity contribution is -0.0452. The quantitative estimate of drug-likeness (QED) is 0.363. The van der Waals surface area contributed by atoms with Crippen molar-refractivity contribution >= 4 is 35.6 Å². The van der Waals surface area contributed by atoms with Crippen molar-refractivity contribution in [2.24, 2.45) is 4.99 Å². The SMILES string of the molecule is CCOc1cc(NC(=NC)NCC2CN3CCCC3CO2)ccc1OC.I. The molecule has 2 aliphatic rings. The third-order valence-electron chi connectivity index (χ3n) is 4.91. The second-order valence-electron chi connectivity index (χ2n) is 6.62. The number of ether oxygens (including phenoxy) is 3. The van der Waals surface area contributed by atoms with Crippen LogP contribution in [0.5, 0.6) is 11.5 Å². The van der Waals surface area contributed by atoms with Crippen molar-refractivity contribution in [3.8, 4) is 11.5 Å². The Balaban J connectivity index is 0.00000261. The first-order chi connectivity index (χ1) is 12.7. The third kappa shape index (κ3) is 5.86. The highest BCUT2D eigenvalue weighted by Crippen LogP contribution is 2.30. The number of aliphatic imine (C=N–C) groups is 1. The third-order valence-corrected chi connectivity index (χ3v) is 4.91. The first-order valence-electron chi connectivity index (χ1n) is 9.37. The summed E-state index contributed by atoms with van der Waals surface area (Å²) < 4.78 is 16.9. The molecule has 0 bridgehead atoms. The van der Waals surface area contributed by atoms with Crippen LogP contribution in [-0.2, 0) is 4.74 Å². The zero-order chi connectivity index (χ0) is 18.4. The van der Waals surface area contributed by atoms with E-state index < -0.39 is 0 Å². The molecular weight excluding hydrogens is 459 g/mol. The van der Waals surface area contributed by atoms with E-state index in [9.17, 15) is 0 Å². The standard InChI is InChI=1S/C19H30N4O3.HI/c1-4-25-18-10-14(7-8-17(18)24-3)22-19(20-2)21-11-16-12-23-9-5-6-15(23)13-26-16;/h7-8,10,15-16H,4-6,9,11-13H2,1-3H3,(H2,20,21,22);1H. The number of methoxy groups -OCH3 is 1. The first-order valence-corrected chi connectivity index (χ1v) is 9.37. The molecule has 152 valence electrons. The summed E-state index contributed by atoms with van der Waals surface area (Å²) in [6.07, 6.45) is 2.75. The van der Waals surface area contributed by atoms with Gasteiger partial charge < -0.3 is 24.8 Å². The number of benzene rings is 1. The van der Waals surface area contributed by atoms with Gasteiger partial charge in [0.05, 0.1) is 26.4 Å². The lowest BCUT2D eigenvalue weighted by Gasteiger charge is -2.35. The van der Waals surface area contributed by atoms with Crippen LogP contribution < -0.4 is 20.1 Å². The average Bonchev–Trinajstić information content (AvgIpc) is 3.13. The van der Waals surface area contributed by atoms with Crippen LogP contribution in [0.1, 0.15) is 19.8 Å². The first kappa shape index (κ1) is 22.0. The lowest BCUT2D eigenvalue weighted by Crippen LogP contribution is -2.50. The molecule has 8 heteroatoms. The number of nitrogens with zero attached hydrogens (tertiary/aromatic N) is 2. The highest BCUT2D eigenvalue weighted by Gasteiger charge is 2.32. The smallest absolute Gasteiger partial charge is 0.195 e. The van der Waals surface area contributed by atoms with Gasteiger partial charge in [0.2, 0.25) is 0 Å². The number of nitrogens with one attached hydrogen (secondary N) is 2. The Labute approximate surface area is 178 Å². The summed E-state index contributed by atoms with van der Waals surface area (Å²) >= 11 is 0. The second-order valence-corrected chi connectivity index (χ2v) is 6.62. The van der Waals surface area contributed by atoms with Crippen molar-refractivity contribution in [2.75, 3.05) is 52.3 Å². The molecule has 1 aromatic carbocycles. The maximum absolute atomic E-state index is 5.99. The van der Waals surface area contributed by atoms with Gasteiger partial charge in [0.1, 0.15) is 0 Å². The van der Waals surface area contributed by atoms with Gasteiger partial charge in [0.25, 0.3) is 0 Å². The molecule has 2 saturated heterocycles. The zero-order valence-electron chi connectivity index (χ0n) is 16.4. The van der Waals surface area contributed by atoms with Crippen molar-refractivity contribution in [1.29, 1.82) is 0 Å². The number of fused-ring (bicyclic) bond motifs is 1. The fourth-order valence-corrected chi connectivity index (χ4v) is 3.56. The van der Waals surface area contributed by atoms with Crippen molar-refractivity contribution in [3.05, 3.63) is 18.2 Å². The summed E-state index contributed by atoms with van der Waals surface area (Å²) in [5, 5.41) is 6.66. The monoisotopic (exact) mass is 490 g/mol. The van der Waals surface area contributed by atoms with Crippen molar-refractivity contribution < 1.29 is 14.2 Å². The Kier molecular flexibility index (Phi) is 8.91. The van der Waals surface area contributed by atoms with E-state index in [0.29, 0.717) is 24.4 Å². The van der Waals surface area contributed by atoms with Crippen molar-refractivity contribution in [2.45, 2.75) is 31.9 Å². The summed E-state index contributed by atoms with van der Waals surface area (Å²) in [6.45, 7) is 6.31. The summed E-state index contributed by atoms with van der Waals surface area (Å²) in [7, 11) is 3.40. The van der Waals surface area contributed by atoms with Gasteiger partial charge in [0, 0.05) is 37.9 Å². The number of morpholine rings is 1. The van der Waals surface area contributed by atoms with Gasteiger partial charge in [0.15, 0.2) is 17.5 Å². The average molecular weight is 490 g/mol. The molecule has 2 unspecified atom stereocenters. The predicted molar refractivity (Wildman–Crippen MR) is 119 cm³/mol. The molecule has 7 nitrogen and oxygen atoms in total. The number of guanidine groups is 1. The van der Waals surface area contributed by atoms with E-state index in [0.717, 1.165) is 31.1 Å². The van der Waals surface area contributed by atoms with Crippen LogP contribution in [0.3, 0.4) is 0 Å². The van der Waals surface area contributed by atoms with Crippen LogP contribution in [0.4, 0.5) is 5.69 Å². The van der Waals surface area contributed by atoms with E-state index >= 15 is 0 Å². The fraction of sp³-hybridized carbons (Fsp3) is 0.632. The Bertz CT molecular complexity index is 629. The van der Waals surface area contributed by atoms with Crippen LogP contribution >= 0.6 is 24.0 Å². The summed E-state index contributed by atoms with van der Waals surface area (Å²) in [6, 6.07) is 6.37. The molecule has 0 aliphatic carbocycles. The molecule has 1 aromatic rings. The number of rotatable bonds is 6. The molecule has 2 atom stereocenters. The molecule has 2 fully saturated rings. The minimum Gasteiger partial charge on any atom is -0.493 e. The van der Waals surface area contributed by atoms with Gasteiger partial charge in [-0.1, -0.05) is 0 Å². The van der Waals surface area contributed by atoms with E-state index in [2.05, 4.69) is 20.5 Å². The second kappa shape index (κ2) is 10.9. The fourth-order valence-electron chi connectivity index (χ4n) is 3.56. The molecule has 27 heavy (non-hydrogen) atoms. The lowest BCUT2D eigenvalue weighted by atomic mass is 10.2. The number of hydrogen-bond donors (Lipinski definition) is 2. The van der Waals surface area contributed by atoms with E-state index in [1.807, 2.05) is 25.1 Å². The van der Waals surface area contributed by atoms with Crippen LogP contribution in [0.25, 0.3) is 0 Å². The molecule has 0 radical (unpaired) electrons. The molecule has 2 aliphatic heterocycles. The number of hydrogen-bond acceptors (Lipinski definition) is 5. The molecular formula is C19H31IN4O3. The Morgan fingerprint density at radius 2 is 2.22 bits per heavy atom. The molecule has 0 spiro atoms. The molecule has 2 N–H and O–H groups in total. The van der Waals surface area contributed by atoms with Crippen LogP contribution in [0.2, 0.25) is 0 Å². The predicted octanol–water partition coefficient (Wildman–Crippen LogP) is 2.56. The highest BCUT2D eigenvalue weighted by molar-refractivity contribution is 14.0. The van der Waals surface area contributed by atoms with Crippen molar-refractivity contribution in [1.82, 2.24) is 10.2 Å². The topological polar surface area (TPSA) is 67.4 Å². The summed E-state index contributed by atoms with van der Waals surface area (Å²) in [4.78, 5) is 6.85. The number of anilines is 1. The summed E-state index contributed by atoms with van der Waals surface area (Å²) in [5.74, 6) is 2.15. The Morgan fingerprint density at radius 1 is 1.37 bits per heavy atom. The zero-order valence-corrected chi connectivity index (χ0v) is 18.7. The van der Waals surface area contributed by atoms with E-state index in [4.69, 9.17) is 14.2 Å². The Hall–Kier alpha value is -1.26. The Morgan fingerprint density at radius 3 is 2.96 bits per heavy atom. The summed E-state index contributed by atoms with van der Waals surface area (Å²) in [5.41, 5.74) is 0.895. The van der Waals surface area contributed by atoms with Gasteiger partial charge in [-0.05, 0) is 38.4 Å². The van der Waals surface area contributed by atoms with Gasteiger partial charge >= 0.3 is 0 Å². The molecule has 2 heterocycles. The van der Waals surface area contributed by atoms with E-state index in [1.165, 1.54) is 19.4 Å². The highest BCUT2D eigenvalue weighted by atomic mass is 127. The normalized spacial score (nSPS) is 22.6. The van der Waals surface area contributed by atoms with Gasteiger partial charge in [-0.2, -0.15) is 0 Å². The molecule has 3 rings (SSSR count). The van der Waals surface area contributed by atoms with E-state index in [-0.39, 0.29) is 30.1 Å². The maximum Gasteiger partial charge on any atom is 0.195 e. The van der Waals surface area contributed by atoms with Gasteiger partial charge in [-0.15, -0.1) is 24.0 Å². The number of halogens is 1. The van der Waals surface area contributed by atoms with Crippen molar-refractivity contribution in [3.63, 3.8) is 0 Å². The largest absolute Gasteiger partial charge is 0.493 e. The molecule has 0 saturated carbocycles. The minimum absolute atomic E-state index is 0. The molecule has 0 aromatic heterocycles. The minimum atomic E-state index is 0. The van der Waals surface area contributed by atoms with Gasteiger partial charge in [-0.25, -0.2) is 0 Å². The van der Waals surface area contributed by atoms with Crippen LogP contribution in [0, 0.1) is 0 Å². The van der Waals surface area contributed by atoms with Gasteiger partial charge in [-0.3, -0.25) is 9.89 Å². The van der Waals surface area contributed by atoms with Crippen LogP contribution in [0.15, 0.2) is 23.2 Å². The molecule has 0 amide bonds. The van der Waals surface area contributed by atoms with E-state index in [1.54, 1.807) is 14.2 Å².